The Hall–Kier alpha value is -0.560. The van der Waals surface area contributed by atoms with Gasteiger partial charge in [0.15, 0.2) is 0 Å². The number of rotatable bonds is 0. The maximum atomic E-state index is 10.1. The number of fused-ring (bicyclic) bond motifs is 5. The van der Waals surface area contributed by atoms with Gasteiger partial charge in [0.25, 0.3) is 0 Å². The zero-order valence-corrected chi connectivity index (χ0v) is 8.47. The lowest BCUT2D eigenvalue weighted by atomic mass is 9.77. The third-order valence-corrected chi connectivity index (χ3v) is 4.38. The molecule has 0 radical (unpaired) electrons. The molecule has 0 aromatic rings. The number of aliphatic hydroxyl groups excluding tert-OH is 1. The predicted octanol–water partition coefficient (Wildman–Crippen LogP) is 2.53. The summed E-state index contributed by atoms with van der Waals surface area (Å²) in [5, 5.41) is 10.1. The molecular formula is C13H18O. The molecule has 0 heterocycles. The van der Waals surface area contributed by atoms with E-state index in [1.807, 2.05) is 0 Å². The highest BCUT2D eigenvalue weighted by molar-refractivity contribution is 5.18. The van der Waals surface area contributed by atoms with Gasteiger partial charge < -0.3 is 5.11 Å². The first-order chi connectivity index (χ1) is 6.88. The molecule has 2 bridgehead atoms. The molecule has 0 amide bonds. The number of hydrogen-bond donors (Lipinski definition) is 1. The summed E-state index contributed by atoms with van der Waals surface area (Å²) >= 11 is 0. The molecule has 1 nitrogen and oxygen atoms in total. The second kappa shape index (κ2) is 3.23. The highest BCUT2D eigenvalue weighted by Crippen LogP contribution is 2.52. The zero-order chi connectivity index (χ0) is 9.54. The first-order valence-corrected chi connectivity index (χ1v) is 5.89. The molecule has 3 rings (SSSR count). The number of aliphatic hydroxyl groups is 1. The van der Waals surface area contributed by atoms with Crippen molar-refractivity contribution >= 4 is 0 Å². The maximum Gasteiger partial charge on any atom is 0.0670 e. The topological polar surface area (TPSA) is 20.2 Å². The van der Waals surface area contributed by atoms with Crippen LogP contribution in [-0.2, 0) is 0 Å². The van der Waals surface area contributed by atoms with E-state index in [1.165, 1.54) is 25.7 Å². The average Bonchev–Trinajstić information content (AvgIpc) is 2.59. The second-order valence-electron chi connectivity index (χ2n) is 4.98. The highest BCUT2D eigenvalue weighted by atomic mass is 16.3. The van der Waals surface area contributed by atoms with E-state index in [0.717, 1.165) is 11.8 Å². The van der Waals surface area contributed by atoms with Crippen molar-refractivity contribution in [3.63, 3.8) is 0 Å². The first-order valence-electron chi connectivity index (χ1n) is 5.89. The van der Waals surface area contributed by atoms with Gasteiger partial charge in [-0.25, -0.2) is 0 Å². The van der Waals surface area contributed by atoms with Crippen LogP contribution in [0.4, 0.5) is 0 Å². The Labute approximate surface area is 85.5 Å². The molecule has 4 atom stereocenters. The van der Waals surface area contributed by atoms with Gasteiger partial charge in [0.2, 0.25) is 0 Å². The van der Waals surface area contributed by atoms with Crippen molar-refractivity contribution in [2.24, 2.45) is 23.7 Å². The van der Waals surface area contributed by atoms with Crippen molar-refractivity contribution in [2.45, 2.75) is 31.8 Å². The number of hydrogen-bond acceptors (Lipinski definition) is 1. The van der Waals surface area contributed by atoms with E-state index in [0.29, 0.717) is 11.8 Å². The van der Waals surface area contributed by atoms with Gasteiger partial charge in [-0.15, -0.1) is 0 Å². The maximum absolute atomic E-state index is 10.1. The Morgan fingerprint density at radius 1 is 0.857 bits per heavy atom. The summed E-state index contributed by atoms with van der Waals surface area (Å²) in [6.45, 7) is 0. The van der Waals surface area contributed by atoms with Crippen LogP contribution in [0.1, 0.15) is 25.7 Å². The van der Waals surface area contributed by atoms with Gasteiger partial charge in [-0.1, -0.05) is 24.3 Å². The smallest absolute Gasteiger partial charge is 0.0670 e. The fourth-order valence-electron chi connectivity index (χ4n) is 3.73. The quantitative estimate of drug-likeness (QED) is 0.582. The summed E-state index contributed by atoms with van der Waals surface area (Å²) in [6, 6.07) is 0. The molecule has 0 saturated heterocycles. The molecule has 1 saturated carbocycles. The van der Waals surface area contributed by atoms with Crippen molar-refractivity contribution in [2.75, 3.05) is 0 Å². The standard InChI is InChI=1S/C13H18O/c14-13-11-7-8-12(13)10-6-4-2-1-3-5-9(10)11/h1-2,7-14H,3-6H2. The van der Waals surface area contributed by atoms with E-state index >= 15 is 0 Å². The first kappa shape index (κ1) is 8.72. The summed E-state index contributed by atoms with van der Waals surface area (Å²) in [6.07, 6.45) is 14.1. The summed E-state index contributed by atoms with van der Waals surface area (Å²) in [5.41, 5.74) is 0. The van der Waals surface area contributed by atoms with Crippen LogP contribution in [0.3, 0.4) is 0 Å². The molecule has 0 aromatic heterocycles. The molecule has 0 aliphatic heterocycles. The molecule has 1 N–H and O–H groups in total. The van der Waals surface area contributed by atoms with E-state index in [2.05, 4.69) is 24.3 Å². The fourth-order valence-corrected chi connectivity index (χ4v) is 3.73. The van der Waals surface area contributed by atoms with Gasteiger partial charge >= 0.3 is 0 Å². The molecule has 3 aliphatic carbocycles. The molecule has 1 fully saturated rings. The predicted molar refractivity (Wildman–Crippen MR) is 56.7 cm³/mol. The highest BCUT2D eigenvalue weighted by Gasteiger charge is 2.49. The van der Waals surface area contributed by atoms with Crippen LogP contribution in [0.15, 0.2) is 24.3 Å². The largest absolute Gasteiger partial charge is 0.392 e. The van der Waals surface area contributed by atoms with Crippen LogP contribution in [0.25, 0.3) is 0 Å². The van der Waals surface area contributed by atoms with Gasteiger partial charge in [-0.05, 0) is 37.5 Å². The lowest BCUT2D eigenvalue weighted by Crippen LogP contribution is -2.20. The summed E-state index contributed by atoms with van der Waals surface area (Å²) < 4.78 is 0. The van der Waals surface area contributed by atoms with E-state index in [-0.39, 0.29) is 6.10 Å². The minimum Gasteiger partial charge on any atom is -0.392 e. The molecular weight excluding hydrogens is 172 g/mol. The van der Waals surface area contributed by atoms with Crippen LogP contribution in [0.2, 0.25) is 0 Å². The Morgan fingerprint density at radius 2 is 1.36 bits per heavy atom. The van der Waals surface area contributed by atoms with Crippen LogP contribution in [0.5, 0.6) is 0 Å². The van der Waals surface area contributed by atoms with Gasteiger partial charge in [-0.2, -0.15) is 0 Å². The molecule has 0 aromatic carbocycles. The molecule has 76 valence electrons. The van der Waals surface area contributed by atoms with Crippen molar-refractivity contribution in [3.8, 4) is 0 Å². The Bertz CT molecular complexity index is 253. The van der Waals surface area contributed by atoms with Gasteiger partial charge in [-0.3, -0.25) is 0 Å². The third-order valence-electron chi connectivity index (χ3n) is 4.38. The molecule has 14 heavy (non-hydrogen) atoms. The lowest BCUT2D eigenvalue weighted by molar-refractivity contribution is 0.126. The molecule has 4 unspecified atom stereocenters. The van der Waals surface area contributed by atoms with Gasteiger partial charge in [0.05, 0.1) is 6.10 Å². The van der Waals surface area contributed by atoms with Crippen LogP contribution in [0, 0.1) is 23.7 Å². The third kappa shape index (κ3) is 1.12. The lowest BCUT2D eigenvalue weighted by Gasteiger charge is -2.28. The SMILES string of the molecule is OC1C2C=CC1C1CCC=CCCC21. The van der Waals surface area contributed by atoms with Crippen molar-refractivity contribution < 1.29 is 5.11 Å². The number of allylic oxidation sites excluding steroid dienone is 2. The van der Waals surface area contributed by atoms with Crippen LogP contribution >= 0.6 is 0 Å². The minimum absolute atomic E-state index is 0.0527. The summed E-state index contributed by atoms with van der Waals surface area (Å²) in [7, 11) is 0. The summed E-state index contributed by atoms with van der Waals surface area (Å²) in [5.74, 6) is 2.50. The Balaban J connectivity index is 1.86. The van der Waals surface area contributed by atoms with Crippen molar-refractivity contribution in [1.82, 2.24) is 0 Å². The molecule has 3 aliphatic rings. The van der Waals surface area contributed by atoms with E-state index < -0.39 is 0 Å². The minimum atomic E-state index is -0.0527. The second-order valence-corrected chi connectivity index (χ2v) is 4.98. The van der Waals surface area contributed by atoms with Crippen molar-refractivity contribution in [1.29, 1.82) is 0 Å². The molecule has 1 heteroatoms. The zero-order valence-electron chi connectivity index (χ0n) is 8.47. The Morgan fingerprint density at radius 3 is 1.86 bits per heavy atom. The fraction of sp³-hybridized carbons (Fsp3) is 0.692. The molecule has 0 spiro atoms. The van der Waals surface area contributed by atoms with Crippen molar-refractivity contribution in [3.05, 3.63) is 24.3 Å². The van der Waals surface area contributed by atoms with E-state index in [4.69, 9.17) is 0 Å². The average molecular weight is 190 g/mol. The van der Waals surface area contributed by atoms with E-state index in [1.54, 1.807) is 0 Å². The monoisotopic (exact) mass is 190 g/mol. The normalized spacial score (nSPS) is 50.2. The Kier molecular flexibility index (Phi) is 2.01. The van der Waals surface area contributed by atoms with E-state index in [9.17, 15) is 5.11 Å². The van der Waals surface area contributed by atoms with Crippen LogP contribution in [-0.4, -0.2) is 11.2 Å². The summed E-state index contributed by atoms with van der Waals surface area (Å²) in [4.78, 5) is 0. The van der Waals surface area contributed by atoms with Gasteiger partial charge in [0.1, 0.15) is 0 Å². The van der Waals surface area contributed by atoms with Gasteiger partial charge in [0, 0.05) is 11.8 Å². The van der Waals surface area contributed by atoms with Crippen LogP contribution < -0.4 is 0 Å².